The fourth-order valence-corrected chi connectivity index (χ4v) is 5.29. The number of carbonyl (C=O) groups is 1. The highest BCUT2D eigenvalue weighted by atomic mass is 35.5. The first-order chi connectivity index (χ1) is 16.9. The van der Waals surface area contributed by atoms with E-state index in [4.69, 9.17) is 11.6 Å². The molecule has 0 spiro atoms. The lowest BCUT2D eigenvalue weighted by atomic mass is 9.96. The summed E-state index contributed by atoms with van der Waals surface area (Å²) in [6, 6.07) is 7.63. The van der Waals surface area contributed by atoms with Crippen LogP contribution in [0.1, 0.15) is 23.5 Å². The smallest absolute Gasteiger partial charge is 0.251 e. The lowest BCUT2D eigenvalue weighted by Crippen LogP contribution is -2.31. The number of aliphatic hydroxyl groups excluding tert-OH is 1. The molecule has 10 heteroatoms. The van der Waals surface area contributed by atoms with E-state index in [9.17, 15) is 19.1 Å². The SMILES string of the molecule is O=C1CCc2c(Cl)nc(CNC[C@H]3CN(CCn4c(=O)ccc5ccc(F)cc54)C[C@H]3O)nc2C1. The van der Waals surface area contributed by atoms with Crippen molar-refractivity contribution in [3.8, 4) is 0 Å². The van der Waals surface area contributed by atoms with Gasteiger partial charge in [0.25, 0.3) is 5.56 Å². The van der Waals surface area contributed by atoms with Crippen LogP contribution in [0.5, 0.6) is 0 Å². The molecule has 2 N–H and O–H groups in total. The zero-order valence-electron chi connectivity index (χ0n) is 19.2. The van der Waals surface area contributed by atoms with E-state index < -0.39 is 6.10 Å². The van der Waals surface area contributed by atoms with E-state index in [2.05, 4.69) is 20.2 Å². The van der Waals surface area contributed by atoms with Gasteiger partial charge in [0.1, 0.15) is 22.6 Å². The number of nitrogens with one attached hydrogen (secondary N) is 1. The van der Waals surface area contributed by atoms with Gasteiger partial charge in [-0.1, -0.05) is 11.6 Å². The van der Waals surface area contributed by atoms with Gasteiger partial charge in [0.2, 0.25) is 0 Å². The maximum absolute atomic E-state index is 13.8. The van der Waals surface area contributed by atoms with Crippen molar-refractivity contribution in [2.45, 2.75) is 38.5 Å². The number of hydrogen-bond donors (Lipinski definition) is 2. The number of hydrogen-bond acceptors (Lipinski definition) is 7. The van der Waals surface area contributed by atoms with Crippen molar-refractivity contribution in [3.63, 3.8) is 0 Å². The summed E-state index contributed by atoms with van der Waals surface area (Å²) in [4.78, 5) is 35.2. The van der Waals surface area contributed by atoms with Crippen LogP contribution in [0.4, 0.5) is 4.39 Å². The average molecular weight is 500 g/mol. The number of carbonyl (C=O) groups excluding carboxylic acids is 1. The molecule has 1 aliphatic carbocycles. The Hall–Kier alpha value is -2.72. The predicted octanol–water partition coefficient (Wildman–Crippen LogP) is 1.72. The van der Waals surface area contributed by atoms with E-state index in [0.717, 1.165) is 10.9 Å². The van der Waals surface area contributed by atoms with Crippen LogP contribution < -0.4 is 10.9 Å². The predicted molar refractivity (Wildman–Crippen MR) is 130 cm³/mol. The first-order valence-electron chi connectivity index (χ1n) is 11.8. The summed E-state index contributed by atoms with van der Waals surface area (Å²) in [6.07, 6.45) is 0.864. The largest absolute Gasteiger partial charge is 0.391 e. The molecule has 1 fully saturated rings. The lowest BCUT2D eigenvalue weighted by molar-refractivity contribution is -0.118. The highest BCUT2D eigenvalue weighted by molar-refractivity contribution is 6.30. The number of fused-ring (bicyclic) bond motifs is 2. The number of Topliss-reactive ketones (excluding diaryl/α,β-unsaturated/α-hetero) is 1. The van der Waals surface area contributed by atoms with Crippen LogP contribution in [-0.2, 0) is 30.7 Å². The first-order valence-corrected chi connectivity index (χ1v) is 12.2. The Morgan fingerprint density at radius 1 is 1.11 bits per heavy atom. The summed E-state index contributed by atoms with van der Waals surface area (Å²) in [5.41, 5.74) is 1.98. The van der Waals surface area contributed by atoms with Gasteiger partial charge in [-0.15, -0.1) is 0 Å². The summed E-state index contributed by atoms with van der Waals surface area (Å²) in [5.74, 6) is 0.327. The van der Waals surface area contributed by atoms with E-state index >= 15 is 0 Å². The van der Waals surface area contributed by atoms with Gasteiger partial charge in [-0.3, -0.25) is 14.5 Å². The van der Waals surface area contributed by atoms with Gasteiger partial charge in [0, 0.05) is 63.1 Å². The minimum absolute atomic E-state index is 0.00589. The Balaban J connectivity index is 1.16. The molecule has 35 heavy (non-hydrogen) atoms. The highest BCUT2D eigenvalue weighted by Gasteiger charge is 2.31. The summed E-state index contributed by atoms with van der Waals surface area (Å²) in [5, 5.41) is 15.1. The van der Waals surface area contributed by atoms with Gasteiger partial charge in [-0.25, -0.2) is 14.4 Å². The van der Waals surface area contributed by atoms with Crippen LogP contribution in [0.15, 0.2) is 35.1 Å². The third-order valence-corrected chi connectivity index (χ3v) is 7.19. The van der Waals surface area contributed by atoms with Crippen molar-refractivity contribution in [1.82, 2.24) is 24.8 Å². The topological polar surface area (TPSA) is 100 Å². The number of β-amino-alcohol motifs (C(OH)–C–C–N with tert-alkyl or cyclic N) is 1. The second-order valence-corrected chi connectivity index (χ2v) is 9.67. The average Bonchev–Trinajstić information content (AvgIpc) is 3.17. The molecular formula is C25H27ClFN5O3. The Morgan fingerprint density at radius 3 is 2.80 bits per heavy atom. The standard InChI is InChI=1S/C25H27ClFN5O3/c26-25-19-5-4-18(33)10-20(19)29-23(30-25)12-28-11-16-13-31(14-22(16)34)7-8-32-21-9-17(27)3-1-15(21)2-6-24(32)35/h1-3,6,9,16,22,28,34H,4-5,7-8,10-14H2/t16-,22+/m0/s1. The normalized spacial score (nSPS) is 20.5. The number of benzene rings is 1. The third-order valence-electron chi connectivity index (χ3n) is 6.87. The van der Waals surface area contributed by atoms with Gasteiger partial charge in [-0.2, -0.15) is 0 Å². The van der Waals surface area contributed by atoms with Crippen molar-refractivity contribution in [1.29, 1.82) is 0 Å². The number of halogens is 2. The maximum atomic E-state index is 13.8. The fourth-order valence-electron chi connectivity index (χ4n) is 4.99. The number of likely N-dealkylation sites (tertiary alicyclic amines) is 1. The number of ketones is 1. The minimum atomic E-state index is -0.505. The molecule has 1 saturated heterocycles. The molecule has 184 valence electrons. The molecule has 2 aliphatic rings. The van der Waals surface area contributed by atoms with E-state index in [1.165, 1.54) is 18.2 Å². The van der Waals surface area contributed by atoms with Crippen LogP contribution in [-0.4, -0.2) is 62.6 Å². The minimum Gasteiger partial charge on any atom is -0.391 e. The Kier molecular flexibility index (Phi) is 6.93. The zero-order valence-corrected chi connectivity index (χ0v) is 20.0. The first kappa shape index (κ1) is 24.0. The van der Waals surface area contributed by atoms with Crippen LogP contribution >= 0.6 is 11.6 Å². The second kappa shape index (κ2) is 10.1. The number of aromatic nitrogens is 3. The van der Waals surface area contributed by atoms with Crippen molar-refractivity contribution in [2.24, 2.45) is 5.92 Å². The molecule has 1 aromatic carbocycles. The summed E-state index contributed by atoms with van der Waals surface area (Å²) in [7, 11) is 0. The van der Waals surface area contributed by atoms with Crippen LogP contribution in [0.2, 0.25) is 5.15 Å². The van der Waals surface area contributed by atoms with Gasteiger partial charge < -0.3 is 15.0 Å². The third kappa shape index (κ3) is 5.28. The molecular weight excluding hydrogens is 473 g/mol. The maximum Gasteiger partial charge on any atom is 0.251 e. The molecule has 2 aromatic heterocycles. The number of pyridine rings is 1. The van der Waals surface area contributed by atoms with Crippen LogP contribution in [0, 0.1) is 11.7 Å². The molecule has 8 nitrogen and oxygen atoms in total. The fraction of sp³-hybridized carbons (Fsp3) is 0.440. The van der Waals surface area contributed by atoms with Gasteiger partial charge in [0.15, 0.2) is 0 Å². The van der Waals surface area contributed by atoms with E-state index in [1.807, 2.05) is 0 Å². The second-order valence-electron chi connectivity index (χ2n) is 9.32. The zero-order chi connectivity index (χ0) is 24.5. The van der Waals surface area contributed by atoms with E-state index in [0.29, 0.717) is 80.7 Å². The molecule has 5 rings (SSSR count). The monoisotopic (exact) mass is 499 g/mol. The number of nitrogens with zero attached hydrogens (tertiary/aromatic N) is 4. The van der Waals surface area contributed by atoms with E-state index in [1.54, 1.807) is 16.7 Å². The van der Waals surface area contributed by atoms with E-state index in [-0.39, 0.29) is 23.1 Å². The lowest BCUT2D eigenvalue weighted by Gasteiger charge is -2.18. The molecule has 0 bridgehead atoms. The Labute approximate surface area is 206 Å². The quantitative estimate of drug-likeness (QED) is 0.477. The summed E-state index contributed by atoms with van der Waals surface area (Å²) >= 11 is 6.30. The van der Waals surface area contributed by atoms with Crippen molar-refractivity contribution in [3.05, 3.63) is 68.7 Å². The molecule has 3 aromatic rings. The van der Waals surface area contributed by atoms with Crippen LogP contribution in [0.3, 0.4) is 0 Å². The molecule has 3 heterocycles. The Bertz CT molecular complexity index is 1330. The summed E-state index contributed by atoms with van der Waals surface area (Å²) < 4.78 is 15.3. The molecule has 1 aliphatic heterocycles. The van der Waals surface area contributed by atoms with Gasteiger partial charge >= 0.3 is 0 Å². The number of aliphatic hydroxyl groups is 1. The Morgan fingerprint density at radius 2 is 1.94 bits per heavy atom. The summed E-state index contributed by atoms with van der Waals surface area (Å²) in [6.45, 7) is 3.11. The number of rotatable bonds is 7. The van der Waals surface area contributed by atoms with Gasteiger partial charge in [0.05, 0.1) is 23.9 Å². The van der Waals surface area contributed by atoms with Crippen LogP contribution in [0.25, 0.3) is 10.9 Å². The van der Waals surface area contributed by atoms with Crippen molar-refractivity contribution in [2.75, 3.05) is 26.2 Å². The van der Waals surface area contributed by atoms with Crippen molar-refractivity contribution >= 4 is 28.3 Å². The molecule has 0 saturated carbocycles. The van der Waals surface area contributed by atoms with Gasteiger partial charge in [-0.05, 0) is 36.1 Å². The molecule has 2 atom stereocenters. The molecule has 0 unspecified atom stereocenters. The van der Waals surface area contributed by atoms with Crippen molar-refractivity contribution < 1.29 is 14.3 Å². The highest BCUT2D eigenvalue weighted by Crippen LogP contribution is 2.24. The molecule has 0 radical (unpaired) electrons. The molecule has 0 amide bonds.